The van der Waals surface area contributed by atoms with Crippen LogP contribution in [0.3, 0.4) is 0 Å². The zero-order chi connectivity index (χ0) is 20.5. The summed E-state index contributed by atoms with van der Waals surface area (Å²) in [4.78, 5) is 17.6. The summed E-state index contributed by atoms with van der Waals surface area (Å²) in [5.41, 5.74) is 0.734. The van der Waals surface area contributed by atoms with Gasteiger partial charge >= 0.3 is 0 Å². The lowest BCUT2D eigenvalue weighted by molar-refractivity contribution is -0.145. The van der Waals surface area contributed by atoms with Gasteiger partial charge in [-0.3, -0.25) is 9.69 Å². The molecular formula is C22H33N3O3S. The van der Waals surface area contributed by atoms with Crippen LogP contribution in [0.15, 0.2) is 30.3 Å². The number of carbonyl (C=O) groups excluding carboxylic acids is 1. The topological polar surface area (TPSA) is 60.9 Å². The van der Waals surface area contributed by atoms with E-state index in [0.29, 0.717) is 13.1 Å². The minimum Gasteiger partial charge on any atom is -0.341 e. The average molecular weight is 420 g/mol. The zero-order valence-corrected chi connectivity index (χ0v) is 18.2. The van der Waals surface area contributed by atoms with E-state index in [2.05, 4.69) is 11.9 Å². The number of likely N-dealkylation sites (N-methyl/N-ethyl adjacent to an activating group) is 1. The second kappa shape index (κ2) is 8.36. The van der Waals surface area contributed by atoms with Gasteiger partial charge in [0.1, 0.15) is 0 Å². The van der Waals surface area contributed by atoms with Crippen molar-refractivity contribution in [1.82, 2.24) is 14.1 Å². The van der Waals surface area contributed by atoms with Gasteiger partial charge in [-0.1, -0.05) is 30.3 Å². The lowest BCUT2D eigenvalue weighted by Crippen LogP contribution is -2.61. The van der Waals surface area contributed by atoms with Crippen molar-refractivity contribution in [2.24, 2.45) is 5.41 Å². The van der Waals surface area contributed by atoms with Crippen molar-refractivity contribution in [3.8, 4) is 0 Å². The predicted octanol–water partition coefficient (Wildman–Crippen LogP) is 2.32. The van der Waals surface area contributed by atoms with Crippen molar-refractivity contribution >= 4 is 15.9 Å². The van der Waals surface area contributed by atoms with Crippen LogP contribution in [0.5, 0.6) is 0 Å². The lowest BCUT2D eigenvalue weighted by atomic mass is 9.66. The normalized spacial score (nSPS) is 26.1. The van der Waals surface area contributed by atoms with Crippen molar-refractivity contribution in [2.45, 2.75) is 50.3 Å². The number of rotatable bonds is 4. The molecule has 6 nitrogen and oxygen atoms in total. The number of likely N-dealkylation sites (tertiary alicyclic amines) is 2. The molecular weight excluding hydrogens is 386 g/mol. The fourth-order valence-corrected chi connectivity index (χ4v) is 7.12. The summed E-state index contributed by atoms with van der Waals surface area (Å²) in [7, 11) is -1.27. The number of piperidine rings is 2. The molecule has 160 valence electrons. The standard InChI is InChI=1S/C22H33N3O3S/c1-23-13-7-10-22(20(23)21(26)24-14-5-6-15-24)11-16-25(17-12-22)29(27,28)18-19-8-3-2-4-9-19/h2-4,8-9,20H,5-7,10-18H2,1H3. The molecule has 1 aromatic carbocycles. The van der Waals surface area contributed by atoms with E-state index in [1.165, 1.54) is 0 Å². The van der Waals surface area contributed by atoms with Gasteiger partial charge in [0.25, 0.3) is 0 Å². The molecule has 4 rings (SSSR count). The van der Waals surface area contributed by atoms with Crippen LogP contribution in [0.25, 0.3) is 0 Å². The molecule has 0 N–H and O–H groups in total. The van der Waals surface area contributed by atoms with Crippen molar-refractivity contribution in [1.29, 1.82) is 0 Å². The van der Waals surface area contributed by atoms with E-state index in [4.69, 9.17) is 0 Å². The molecule has 1 spiro atoms. The van der Waals surface area contributed by atoms with Gasteiger partial charge in [-0.2, -0.15) is 0 Å². The van der Waals surface area contributed by atoms with Crippen LogP contribution in [-0.4, -0.2) is 74.2 Å². The first-order valence-corrected chi connectivity index (χ1v) is 12.5. The van der Waals surface area contributed by atoms with Gasteiger partial charge < -0.3 is 4.90 Å². The van der Waals surface area contributed by atoms with E-state index in [0.717, 1.165) is 63.7 Å². The van der Waals surface area contributed by atoms with Gasteiger partial charge in [0.2, 0.25) is 15.9 Å². The number of amides is 1. The maximum Gasteiger partial charge on any atom is 0.240 e. The summed E-state index contributed by atoms with van der Waals surface area (Å²) in [6.45, 7) is 3.73. The molecule has 3 aliphatic rings. The first kappa shape index (κ1) is 20.8. The van der Waals surface area contributed by atoms with E-state index in [9.17, 15) is 13.2 Å². The Labute approximate surface area is 174 Å². The maximum atomic E-state index is 13.4. The molecule has 0 aliphatic carbocycles. The van der Waals surface area contributed by atoms with Gasteiger partial charge in [0.15, 0.2) is 0 Å². The monoisotopic (exact) mass is 419 g/mol. The highest BCUT2D eigenvalue weighted by molar-refractivity contribution is 7.88. The van der Waals surface area contributed by atoms with E-state index in [-0.39, 0.29) is 23.1 Å². The number of nitrogens with zero attached hydrogens (tertiary/aromatic N) is 3. The third kappa shape index (κ3) is 4.23. The number of benzene rings is 1. The van der Waals surface area contributed by atoms with Gasteiger partial charge in [-0.15, -0.1) is 0 Å². The largest absolute Gasteiger partial charge is 0.341 e. The highest BCUT2D eigenvalue weighted by Gasteiger charge is 2.50. The second-order valence-electron chi connectivity index (χ2n) is 9.02. The Hall–Kier alpha value is -1.44. The summed E-state index contributed by atoms with van der Waals surface area (Å²) in [5, 5.41) is 0. The Balaban J connectivity index is 1.47. The molecule has 0 radical (unpaired) electrons. The molecule has 3 heterocycles. The highest BCUT2D eigenvalue weighted by Crippen LogP contribution is 2.45. The molecule has 3 fully saturated rings. The van der Waals surface area contributed by atoms with E-state index in [1.807, 2.05) is 35.2 Å². The van der Waals surface area contributed by atoms with E-state index in [1.54, 1.807) is 4.31 Å². The van der Waals surface area contributed by atoms with Crippen LogP contribution in [0.4, 0.5) is 0 Å². The number of carbonyl (C=O) groups is 1. The SMILES string of the molecule is CN1CCCC2(CCN(S(=O)(=O)Cc3ccccc3)CC2)C1C(=O)N1CCCC1. The van der Waals surface area contributed by atoms with E-state index < -0.39 is 10.0 Å². The lowest BCUT2D eigenvalue weighted by Gasteiger charge is -2.52. The first-order valence-electron chi connectivity index (χ1n) is 10.9. The van der Waals surface area contributed by atoms with Crippen LogP contribution in [0.1, 0.15) is 44.1 Å². The van der Waals surface area contributed by atoms with Crippen LogP contribution < -0.4 is 0 Å². The van der Waals surface area contributed by atoms with Crippen molar-refractivity contribution in [2.75, 3.05) is 39.8 Å². The smallest absolute Gasteiger partial charge is 0.240 e. The van der Waals surface area contributed by atoms with Gasteiger partial charge in [-0.05, 0) is 63.1 Å². The molecule has 0 aromatic heterocycles. The van der Waals surface area contributed by atoms with Gasteiger partial charge in [-0.25, -0.2) is 12.7 Å². The molecule has 7 heteroatoms. The number of hydrogen-bond acceptors (Lipinski definition) is 4. The molecule has 1 amide bonds. The summed E-state index contributed by atoms with van der Waals surface area (Å²) < 4.78 is 27.6. The van der Waals surface area contributed by atoms with Gasteiger partial charge in [0, 0.05) is 26.2 Å². The number of hydrogen-bond donors (Lipinski definition) is 0. The highest BCUT2D eigenvalue weighted by atomic mass is 32.2. The second-order valence-corrected chi connectivity index (χ2v) is 11.0. The Morgan fingerprint density at radius 1 is 0.966 bits per heavy atom. The van der Waals surface area contributed by atoms with Crippen molar-refractivity contribution in [3.05, 3.63) is 35.9 Å². The molecule has 3 saturated heterocycles. The Bertz CT molecular complexity index is 813. The van der Waals surface area contributed by atoms with Crippen molar-refractivity contribution < 1.29 is 13.2 Å². The molecule has 1 atom stereocenters. The quantitative estimate of drug-likeness (QED) is 0.751. The summed E-state index contributed by atoms with van der Waals surface area (Å²) >= 11 is 0. The molecule has 0 saturated carbocycles. The molecule has 1 unspecified atom stereocenters. The molecule has 3 aliphatic heterocycles. The van der Waals surface area contributed by atoms with E-state index >= 15 is 0 Å². The molecule has 1 aromatic rings. The summed E-state index contributed by atoms with van der Waals surface area (Å²) in [6, 6.07) is 9.28. The average Bonchev–Trinajstić information content (AvgIpc) is 3.23. The first-order chi connectivity index (χ1) is 13.9. The predicted molar refractivity (Wildman–Crippen MR) is 114 cm³/mol. The minimum atomic E-state index is -3.33. The summed E-state index contributed by atoms with van der Waals surface area (Å²) in [6.07, 6.45) is 5.85. The molecule has 29 heavy (non-hydrogen) atoms. The van der Waals surface area contributed by atoms with Crippen molar-refractivity contribution in [3.63, 3.8) is 0 Å². The number of sulfonamides is 1. The fourth-order valence-electron chi connectivity index (χ4n) is 5.58. The Kier molecular flexibility index (Phi) is 6.00. The Morgan fingerprint density at radius 2 is 1.62 bits per heavy atom. The summed E-state index contributed by atoms with van der Waals surface area (Å²) in [5.74, 6) is 0.321. The third-order valence-corrected chi connectivity index (χ3v) is 9.01. The minimum absolute atomic E-state index is 0.0525. The van der Waals surface area contributed by atoms with Crippen LogP contribution in [0.2, 0.25) is 0 Å². The maximum absolute atomic E-state index is 13.4. The van der Waals surface area contributed by atoms with Crippen LogP contribution in [0, 0.1) is 5.41 Å². The van der Waals surface area contributed by atoms with Crippen LogP contribution >= 0.6 is 0 Å². The van der Waals surface area contributed by atoms with Gasteiger partial charge in [0.05, 0.1) is 11.8 Å². The molecule has 0 bridgehead atoms. The Morgan fingerprint density at radius 3 is 2.28 bits per heavy atom. The zero-order valence-electron chi connectivity index (χ0n) is 17.4. The van der Waals surface area contributed by atoms with Crippen LogP contribution in [-0.2, 0) is 20.6 Å². The third-order valence-electron chi connectivity index (χ3n) is 7.16. The fraction of sp³-hybridized carbons (Fsp3) is 0.682.